The van der Waals surface area contributed by atoms with Gasteiger partial charge in [-0.3, -0.25) is 9.59 Å². The second-order valence-corrected chi connectivity index (χ2v) is 13.9. The topological polar surface area (TPSA) is 104 Å². The Morgan fingerprint density at radius 2 is 1.81 bits per heavy atom. The Morgan fingerprint density at radius 3 is 2.45 bits per heavy atom. The van der Waals surface area contributed by atoms with Gasteiger partial charge < -0.3 is 25.4 Å². The van der Waals surface area contributed by atoms with E-state index in [0.717, 1.165) is 85.3 Å². The van der Waals surface area contributed by atoms with E-state index >= 15 is 0 Å². The van der Waals surface area contributed by atoms with Crippen LogP contribution in [0.5, 0.6) is 0 Å². The van der Waals surface area contributed by atoms with Crippen LogP contribution in [0, 0.1) is 12.3 Å². The largest absolute Gasteiger partial charge is 0.391 e. The number of rotatable bonds is 17. The zero-order valence-electron chi connectivity index (χ0n) is 25.7. The van der Waals surface area contributed by atoms with E-state index in [2.05, 4.69) is 31.5 Å². The minimum Gasteiger partial charge on any atom is -0.391 e. The molecule has 0 bridgehead atoms. The van der Waals surface area contributed by atoms with Crippen molar-refractivity contribution < 1.29 is 19.4 Å². The number of aliphatic hydroxyl groups is 1. The van der Waals surface area contributed by atoms with E-state index in [-0.39, 0.29) is 30.2 Å². The summed E-state index contributed by atoms with van der Waals surface area (Å²) in [6, 6.07) is 6.95. The number of likely N-dealkylation sites (tertiary alicyclic amines) is 1. The maximum absolute atomic E-state index is 13.8. The summed E-state index contributed by atoms with van der Waals surface area (Å²) in [5.41, 5.74) is 4.58. The SMILES string of the molecule is Cc1ncsc1-c1ccc(CNC(=O)[C@@H]2C[C@@H](O)CN2C(=O)[C@@H](NCCCCCCOCCCCBr)C(C)(C)C)cc1. The summed E-state index contributed by atoms with van der Waals surface area (Å²) < 4.78 is 5.67. The van der Waals surface area contributed by atoms with Crippen molar-refractivity contribution in [3.63, 3.8) is 0 Å². The molecule has 2 amide bonds. The molecule has 0 aliphatic carbocycles. The first-order chi connectivity index (χ1) is 20.1. The van der Waals surface area contributed by atoms with Crippen molar-refractivity contribution in [3.8, 4) is 10.4 Å². The third-order valence-corrected chi connectivity index (χ3v) is 9.18. The van der Waals surface area contributed by atoms with Gasteiger partial charge in [0.25, 0.3) is 0 Å². The summed E-state index contributed by atoms with van der Waals surface area (Å²) in [5.74, 6) is -0.357. The van der Waals surface area contributed by atoms with Gasteiger partial charge in [0, 0.05) is 38.1 Å². The summed E-state index contributed by atoms with van der Waals surface area (Å²) in [6.45, 7) is 11.0. The maximum Gasteiger partial charge on any atom is 0.243 e. The predicted molar refractivity (Wildman–Crippen MR) is 174 cm³/mol. The van der Waals surface area contributed by atoms with Gasteiger partial charge in [0.1, 0.15) is 6.04 Å². The van der Waals surface area contributed by atoms with E-state index in [4.69, 9.17) is 4.74 Å². The van der Waals surface area contributed by atoms with Crippen LogP contribution in [0.15, 0.2) is 29.8 Å². The average Bonchev–Trinajstić information content (AvgIpc) is 3.57. The van der Waals surface area contributed by atoms with Crippen LogP contribution in [0.1, 0.15) is 77.0 Å². The van der Waals surface area contributed by atoms with Crippen molar-refractivity contribution >= 4 is 39.1 Å². The van der Waals surface area contributed by atoms with Crippen molar-refractivity contribution in [1.29, 1.82) is 0 Å². The number of hydrogen-bond acceptors (Lipinski definition) is 7. The van der Waals surface area contributed by atoms with Crippen LogP contribution >= 0.6 is 27.3 Å². The normalized spacial score (nSPS) is 17.9. The van der Waals surface area contributed by atoms with Gasteiger partial charge >= 0.3 is 0 Å². The molecule has 1 saturated heterocycles. The van der Waals surface area contributed by atoms with Crippen LogP contribution in [0.4, 0.5) is 0 Å². The fourth-order valence-electron chi connectivity index (χ4n) is 5.23. The number of benzene rings is 1. The number of hydrogen-bond donors (Lipinski definition) is 3. The Labute approximate surface area is 264 Å². The van der Waals surface area contributed by atoms with Crippen molar-refractivity contribution in [3.05, 3.63) is 41.0 Å². The molecule has 1 aliphatic rings. The van der Waals surface area contributed by atoms with Crippen LogP contribution in [-0.4, -0.2) is 76.6 Å². The molecule has 1 aromatic carbocycles. The summed E-state index contributed by atoms with van der Waals surface area (Å²) >= 11 is 5.05. The smallest absolute Gasteiger partial charge is 0.243 e. The number of aromatic nitrogens is 1. The number of aliphatic hydroxyl groups excluding tert-OH is 1. The van der Waals surface area contributed by atoms with Gasteiger partial charge in [-0.1, -0.05) is 73.8 Å². The highest BCUT2D eigenvalue weighted by Crippen LogP contribution is 2.28. The molecule has 2 heterocycles. The highest BCUT2D eigenvalue weighted by Gasteiger charge is 2.43. The lowest BCUT2D eigenvalue weighted by Crippen LogP contribution is -2.56. The zero-order chi connectivity index (χ0) is 30.5. The van der Waals surface area contributed by atoms with Crippen LogP contribution in [0.25, 0.3) is 10.4 Å². The quantitative estimate of drug-likeness (QED) is 0.153. The summed E-state index contributed by atoms with van der Waals surface area (Å²) in [4.78, 5) is 34.1. The van der Waals surface area contributed by atoms with Gasteiger partial charge in [-0.15, -0.1) is 11.3 Å². The molecule has 8 nitrogen and oxygen atoms in total. The molecule has 42 heavy (non-hydrogen) atoms. The van der Waals surface area contributed by atoms with E-state index in [1.165, 1.54) is 0 Å². The van der Waals surface area contributed by atoms with Gasteiger partial charge in [0.05, 0.1) is 28.2 Å². The molecular weight excluding hydrogens is 616 g/mol. The van der Waals surface area contributed by atoms with E-state index < -0.39 is 18.2 Å². The van der Waals surface area contributed by atoms with E-state index in [9.17, 15) is 14.7 Å². The Bertz CT molecular complexity index is 1100. The van der Waals surface area contributed by atoms with Gasteiger partial charge in [0.2, 0.25) is 11.8 Å². The lowest BCUT2D eigenvalue weighted by molar-refractivity contribution is -0.142. The second kappa shape index (κ2) is 17.4. The third-order valence-electron chi connectivity index (χ3n) is 7.64. The molecule has 3 rings (SSSR count). The zero-order valence-corrected chi connectivity index (χ0v) is 28.1. The Hall–Kier alpha value is -1.85. The molecule has 3 atom stereocenters. The van der Waals surface area contributed by atoms with Crippen LogP contribution < -0.4 is 10.6 Å². The molecule has 1 aromatic heterocycles. The van der Waals surface area contributed by atoms with Gasteiger partial charge in [-0.25, -0.2) is 4.98 Å². The first-order valence-corrected chi connectivity index (χ1v) is 17.2. The first kappa shape index (κ1) is 34.6. The molecule has 10 heteroatoms. The lowest BCUT2D eigenvalue weighted by atomic mass is 9.85. The molecule has 1 fully saturated rings. The molecule has 0 unspecified atom stereocenters. The number of thiazole rings is 1. The third kappa shape index (κ3) is 10.7. The van der Waals surface area contributed by atoms with Crippen molar-refractivity contribution in [2.45, 2.75) is 97.4 Å². The number of aryl methyl sites for hydroxylation is 1. The minimum absolute atomic E-state index is 0.125. The molecule has 234 valence electrons. The molecule has 0 saturated carbocycles. The van der Waals surface area contributed by atoms with Gasteiger partial charge in [-0.05, 0) is 55.7 Å². The minimum atomic E-state index is -0.714. The number of nitrogens with one attached hydrogen (secondary N) is 2. The number of alkyl halides is 1. The standard InChI is InChI=1S/C32H49BrN4O4S/c1-23-28(42-22-36-23)25-13-11-24(12-14-25)20-35-30(39)27-19-26(38)21-37(27)31(40)29(32(2,3)4)34-16-8-5-6-9-17-41-18-10-7-15-33/h11-14,22,26-27,29,34,38H,5-10,15-21H2,1-4H3,(H,35,39)/t26-,27+,29-/m1/s1. The van der Waals surface area contributed by atoms with E-state index in [1.807, 2.05) is 57.5 Å². The molecule has 0 spiro atoms. The second-order valence-electron chi connectivity index (χ2n) is 12.3. The van der Waals surface area contributed by atoms with Crippen LogP contribution in [0.2, 0.25) is 0 Å². The lowest BCUT2D eigenvalue weighted by Gasteiger charge is -2.35. The Morgan fingerprint density at radius 1 is 1.12 bits per heavy atom. The number of carbonyl (C=O) groups excluding carboxylic acids is 2. The first-order valence-electron chi connectivity index (χ1n) is 15.2. The number of ether oxygens (including phenoxy) is 1. The summed E-state index contributed by atoms with van der Waals surface area (Å²) in [7, 11) is 0. The fourth-order valence-corrected chi connectivity index (χ4v) is 6.43. The molecule has 3 N–H and O–H groups in total. The van der Waals surface area contributed by atoms with Crippen molar-refractivity contribution in [2.75, 3.05) is 31.6 Å². The molecular formula is C32H49BrN4O4S. The maximum atomic E-state index is 13.8. The number of unbranched alkanes of at least 4 members (excludes halogenated alkanes) is 4. The number of amides is 2. The van der Waals surface area contributed by atoms with Gasteiger partial charge in [0.15, 0.2) is 0 Å². The van der Waals surface area contributed by atoms with E-state index in [0.29, 0.717) is 6.54 Å². The number of carbonyl (C=O) groups is 2. The monoisotopic (exact) mass is 664 g/mol. The number of halogens is 1. The molecule has 0 radical (unpaired) electrons. The highest BCUT2D eigenvalue weighted by molar-refractivity contribution is 9.09. The average molecular weight is 666 g/mol. The van der Waals surface area contributed by atoms with Crippen molar-refractivity contribution in [1.82, 2.24) is 20.5 Å². The van der Waals surface area contributed by atoms with E-state index in [1.54, 1.807) is 16.2 Å². The summed E-state index contributed by atoms with van der Waals surface area (Å²) in [5, 5.41) is 17.9. The Kier molecular flexibility index (Phi) is 14.4. The van der Waals surface area contributed by atoms with Crippen LogP contribution in [0.3, 0.4) is 0 Å². The van der Waals surface area contributed by atoms with Crippen molar-refractivity contribution in [2.24, 2.45) is 5.41 Å². The predicted octanol–water partition coefficient (Wildman–Crippen LogP) is 5.45. The number of β-amino-alcohol motifs (C(OH)–C–C–N with tert-alkyl or cyclic N) is 1. The molecule has 2 aromatic rings. The Balaban J connectivity index is 1.48. The molecule has 1 aliphatic heterocycles. The summed E-state index contributed by atoms with van der Waals surface area (Å²) in [6.07, 6.45) is 5.96. The highest BCUT2D eigenvalue weighted by atomic mass is 79.9. The fraction of sp³-hybridized carbons (Fsp3) is 0.656. The number of nitrogens with zero attached hydrogens (tertiary/aromatic N) is 2. The van der Waals surface area contributed by atoms with Gasteiger partial charge in [-0.2, -0.15) is 0 Å². The van der Waals surface area contributed by atoms with Crippen LogP contribution in [-0.2, 0) is 20.9 Å².